The monoisotopic (exact) mass is 276 g/mol. The van der Waals surface area contributed by atoms with Gasteiger partial charge in [-0.3, -0.25) is 14.5 Å². The Morgan fingerprint density at radius 2 is 2.20 bits per heavy atom. The zero-order valence-corrected chi connectivity index (χ0v) is 11.9. The first-order valence-corrected chi connectivity index (χ1v) is 6.70. The summed E-state index contributed by atoms with van der Waals surface area (Å²) in [7, 11) is 1.56. The van der Waals surface area contributed by atoms with Crippen molar-refractivity contribution in [1.29, 1.82) is 0 Å². The van der Waals surface area contributed by atoms with E-state index >= 15 is 0 Å². The highest BCUT2D eigenvalue weighted by atomic mass is 16.5. The summed E-state index contributed by atoms with van der Waals surface area (Å²) in [6.07, 6.45) is 0.730. The van der Waals surface area contributed by atoms with Crippen LogP contribution in [0.3, 0.4) is 0 Å². The maximum Gasteiger partial charge on any atom is 0.221 e. The van der Waals surface area contributed by atoms with Crippen LogP contribution in [0.25, 0.3) is 0 Å². The topological polar surface area (TPSA) is 72.6 Å². The second-order valence-electron chi connectivity index (χ2n) is 5.25. The molecule has 0 spiro atoms. The number of amides is 1. The molecule has 1 unspecified atom stereocenters. The van der Waals surface area contributed by atoms with Crippen molar-refractivity contribution in [3.8, 4) is 5.75 Å². The van der Waals surface area contributed by atoms with E-state index in [-0.39, 0.29) is 17.6 Å². The number of Topliss-reactive ketones (excluding diaryl/α,β-unsaturated/α-hetero) is 1. The van der Waals surface area contributed by atoms with Crippen molar-refractivity contribution in [2.24, 2.45) is 11.7 Å². The number of hydrogen-bond donors (Lipinski definition) is 1. The molecule has 108 valence electrons. The molecule has 1 amide bonds. The number of likely N-dealkylation sites (tertiary alicyclic amines) is 1. The van der Waals surface area contributed by atoms with Crippen molar-refractivity contribution in [2.45, 2.75) is 13.3 Å². The van der Waals surface area contributed by atoms with Crippen molar-refractivity contribution in [2.75, 3.05) is 26.7 Å². The first-order chi connectivity index (χ1) is 9.51. The Hall–Kier alpha value is -1.88. The molecule has 0 aliphatic carbocycles. The lowest BCUT2D eigenvalue weighted by atomic mass is 10.1. The Bertz CT molecular complexity index is 528. The molecular formula is C15H20N2O3. The number of nitrogens with zero attached hydrogens (tertiary/aromatic N) is 1. The van der Waals surface area contributed by atoms with Gasteiger partial charge in [0, 0.05) is 6.54 Å². The van der Waals surface area contributed by atoms with Gasteiger partial charge >= 0.3 is 0 Å². The molecule has 0 bridgehead atoms. The predicted molar refractivity (Wildman–Crippen MR) is 75.8 cm³/mol. The lowest BCUT2D eigenvalue weighted by Gasteiger charge is -2.15. The number of hydrogen-bond acceptors (Lipinski definition) is 4. The SMILES string of the molecule is COc1cc(C)ccc1C(=O)CN1CCC(C(N)=O)C1. The molecule has 1 aliphatic heterocycles. The summed E-state index contributed by atoms with van der Waals surface area (Å²) in [5.41, 5.74) is 6.93. The predicted octanol–water partition coefficient (Wildman–Crippen LogP) is 0.994. The fourth-order valence-corrected chi connectivity index (χ4v) is 2.53. The van der Waals surface area contributed by atoms with E-state index in [9.17, 15) is 9.59 Å². The highest BCUT2D eigenvalue weighted by molar-refractivity contribution is 6.00. The molecule has 1 atom stereocenters. The molecule has 2 N–H and O–H groups in total. The molecule has 5 nitrogen and oxygen atoms in total. The average molecular weight is 276 g/mol. The van der Waals surface area contributed by atoms with Gasteiger partial charge in [-0.25, -0.2) is 0 Å². The van der Waals surface area contributed by atoms with Crippen LogP contribution in [-0.2, 0) is 4.79 Å². The zero-order chi connectivity index (χ0) is 14.7. The Labute approximate surface area is 118 Å². The van der Waals surface area contributed by atoms with Crippen LogP contribution in [0.4, 0.5) is 0 Å². The van der Waals surface area contributed by atoms with E-state index in [0.717, 1.165) is 18.5 Å². The molecule has 1 heterocycles. The van der Waals surface area contributed by atoms with Crippen LogP contribution in [0.5, 0.6) is 5.75 Å². The molecule has 1 aromatic rings. The van der Waals surface area contributed by atoms with Gasteiger partial charge < -0.3 is 10.5 Å². The molecule has 0 aromatic heterocycles. The van der Waals surface area contributed by atoms with Gasteiger partial charge in [0.2, 0.25) is 5.91 Å². The largest absolute Gasteiger partial charge is 0.496 e. The van der Waals surface area contributed by atoms with Crippen molar-refractivity contribution in [3.63, 3.8) is 0 Å². The third kappa shape index (κ3) is 3.17. The van der Waals surface area contributed by atoms with Crippen LogP contribution in [0.2, 0.25) is 0 Å². The average Bonchev–Trinajstić information content (AvgIpc) is 2.87. The standard InChI is InChI=1S/C15H20N2O3/c1-10-3-4-12(14(7-10)20-2)13(18)9-17-6-5-11(8-17)15(16)19/h3-4,7,11H,5-6,8-9H2,1-2H3,(H2,16,19). The Balaban J connectivity index is 2.04. The highest BCUT2D eigenvalue weighted by Gasteiger charge is 2.28. The summed E-state index contributed by atoms with van der Waals surface area (Å²) in [4.78, 5) is 25.4. The van der Waals surface area contributed by atoms with Crippen LogP contribution in [-0.4, -0.2) is 43.3 Å². The van der Waals surface area contributed by atoms with Crippen LogP contribution in [0.15, 0.2) is 18.2 Å². The van der Waals surface area contributed by atoms with Gasteiger partial charge in [-0.15, -0.1) is 0 Å². The number of rotatable bonds is 5. The molecule has 1 saturated heterocycles. The zero-order valence-electron chi connectivity index (χ0n) is 11.9. The minimum absolute atomic E-state index is 0.00645. The fraction of sp³-hybridized carbons (Fsp3) is 0.467. The first kappa shape index (κ1) is 14.5. The van der Waals surface area contributed by atoms with E-state index in [4.69, 9.17) is 10.5 Å². The van der Waals surface area contributed by atoms with E-state index < -0.39 is 0 Å². The van der Waals surface area contributed by atoms with Crippen molar-refractivity contribution >= 4 is 11.7 Å². The molecule has 1 aliphatic rings. The molecule has 1 aromatic carbocycles. The number of benzene rings is 1. The summed E-state index contributed by atoms with van der Waals surface area (Å²) in [5, 5.41) is 0. The number of ether oxygens (including phenoxy) is 1. The first-order valence-electron chi connectivity index (χ1n) is 6.70. The van der Waals surface area contributed by atoms with Crippen molar-refractivity contribution < 1.29 is 14.3 Å². The van der Waals surface area contributed by atoms with Crippen molar-refractivity contribution in [1.82, 2.24) is 4.90 Å². The van der Waals surface area contributed by atoms with Gasteiger partial charge in [-0.1, -0.05) is 6.07 Å². The number of primary amides is 1. The van der Waals surface area contributed by atoms with E-state index in [1.807, 2.05) is 24.0 Å². The third-order valence-corrected chi connectivity index (χ3v) is 3.70. The highest BCUT2D eigenvalue weighted by Crippen LogP contribution is 2.22. The fourth-order valence-electron chi connectivity index (χ4n) is 2.53. The molecule has 0 saturated carbocycles. The van der Waals surface area contributed by atoms with Gasteiger partial charge in [0.25, 0.3) is 0 Å². The normalized spacial score (nSPS) is 19.0. The summed E-state index contributed by atoms with van der Waals surface area (Å²) in [6.45, 7) is 3.54. The van der Waals surface area contributed by atoms with Crippen LogP contribution in [0, 0.1) is 12.8 Å². The Morgan fingerprint density at radius 1 is 1.45 bits per heavy atom. The lowest BCUT2D eigenvalue weighted by Crippen LogP contribution is -2.31. The van der Waals surface area contributed by atoms with Crippen LogP contribution >= 0.6 is 0 Å². The van der Waals surface area contributed by atoms with E-state index in [1.165, 1.54) is 0 Å². The van der Waals surface area contributed by atoms with Crippen molar-refractivity contribution in [3.05, 3.63) is 29.3 Å². The van der Waals surface area contributed by atoms with Crippen LogP contribution in [0.1, 0.15) is 22.3 Å². The van der Waals surface area contributed by atoms with Crippen LogP contribution < -0.4 is 10.5 Å². The second-order valence-corrected chi connectivity index (χ2v) is 5.25. The van der Waals surface area contributed by atoms with Gasteiger partial charge in [0.05, 0.1) is 25.1 Å². The number of aryl methyl sites for hydroxylation is 1. The minimum Gasteiger partial charge on any atom is -0.496 e. The second kappa shape index (κ2) is 6.05. The number of nitrogens with two attached hydrogens (primary N) is 1. The van der Waals surface area contributed by atoms with Gasteiger partial charge in [-0.2, -0.15) is 0 Å². The van der Waals surface area contributed by atoms with Gasteiger partial charge in [0.15, 0.2) is 5.78 Å². The summed E-state index contributed by atoms with van der Waals surface area (Å²) < 4.78 is 5.26. The van der Waals surface area contributed by atoms with E-state index in [0.29, 0.717) is 24.4 Å². The summed E-state index contributed by atoms with van der Waals surface area (Å²) in [6, 6.07) is 5.54. The quantitative estimate of drug-likeness (QED) is 0.814. The number of carbonyl (C=O) groups is 2. The minimum atomic E-state index is -0.284. The van der Waals surface area contributed by atoms with Gasteiger partial charge in [-0.05, 0) is 37.6 Å². The Kier molecular flexibility index (Phi) is 4.39. The summed E-state index contributed by atoms with van der Waals surface area (Å²) in [5.74, 6) is 0.184. The van der Waals surface area contributed by atoms with E-state index in [1.54, 1.807) is 13.2 Å². The molecule has 0 radical (unpaired) electrons. The maximum absolute atomic E-state index is 12.3. The number of methoxy groups -OCH3 is 1. The molecule has 2 rings (SSSR count). The van der Waals surface area contributed by atoms with E-state index in [2.05, 4.69) is 0 Å². The Morgan fingerprint density at radius 3 is 2.80 bits per heavy atom. The number of ketones is 1. The number of carbonyl (C=O) groups excluding carboxylic acids is 2. The summed E-state index contributed by atoms with van der Waals surface area (Å²) >= 11 is 0. The smallest absolute Gasteiger partial charge is 0.221 e. The molecule has 1 fully saturated rings. The molecule has 5 heteroatoms. The molecular weight excluding hydrogens is 256 g/mol. The molecule has 20 heavy (non-hydrogen) atoms. The maximum atomic E-state index is 12.3. The third-order valence-electron chi connectivity index (χ3n) is 3.70. The van der Waals surface area contributed by atoms with Gasteiger partial charge in [0.1, 0.15) is 5.75 Å². The lowest BCUT2D eigenvalue weighted by molar-refractivity contribution is -0.121.